The summed E-state index contributed by atoms with van der Waals surface area (Å²) in [5, 5.41) is 6.61. The summed E-state index contributed by atoms with van der Waals surface area (Å²) >= 11 is 0. The van der Waals surface area contributed by atoms with Crippen LogP contribution in [0.5, 0.6) is 0 Å². The van der Waals surface area contributed by atoms with Gasteiger partial charge in [-0.05, 0) is 32.9 Å². The van der Waals surface area contributed by atoms with Crippen LogP contribution in [0.15, 0.2) is 10.6 Å². The minimum Gasteiger partial charge on any atom is -0.351 e. The number of carbonyl (C=O) groups excluding carboxylic acids is 1. The number of carbonyl (C=O) groups is 1. The third-order valence-corrected chi connectivity index (χ3v) is 3.26. The van der Waals surface area contributed by atoms with Crippen molar-refractivity contribution in [2.24, 2.45) is 0 Å². The van der Waals surface area contributed by atoms with E-state index in [1.807, 2.05) is 0 Å². The van der Waals surface area contributed by atoms with Gasteiger partial charge in [0.05, 0.1) is 5.69 Å². The monoisotopic (exact) mass is 237 g/mol. The maximum absolute atomic E-state index is 11.7. The second kappa shape index (κ2) is 5.31. The van der Waals surface area contributed by atoms with Gasteiger partial charge in [0.2, 0.25) is 5.76 Å². The number of likely N-dealkylation sites (tertiary alicyclic amines) is 1. The summed E-state index contributed by atoms with van der Waals surface area (Å²) in [4.78, 5) is 14.1. The van der Waals surface area contributed by atoms with E-state index in [1.54, 1.807) is 13.0 Å². The molecule has 0 aliphatic carbocycles. The Bertz CT molecular complexity index is 389. The molecule has 1 amide bonds. The third-order valence-electron chi connectivity index (χ3n) is 3.26. The molecule has 17 heavy (non-hydrogen) atoms. The molecular weight excluding hydrogens is 218 g/mol. The number of nitrogens with one attached hydrogen (secondary N) is 1. The van der Waals surface area contributed by atoms with E-state index in [0.29, 0.717) is 18.3 Å². The Balaban J connectivity index is 1.84. The summed E-state index contributed by atoms with van der Waals surface area (Å²) in [6, 6.07) is 2.12. The highest BCUT2D eigenvalue weighted by atomic mass is 16.5. The second-order valence-electron chi connectivity index (χ2n) is 4.47. The van der Waals surface area contributed by atoms with Gasteiger partial charge in [0, 0.05) is 18.7 Å². The van der Waals surface area contributed by atoms with Crippen molar-refractivity contribution in [1.29, 1.82) is 0 Å². The fourth-order valence-electron chi connectivity index (χ4n) is 2.31. The number of nitrogens with zero attached hydrogens (tertiary/aromatic N) is 2. The van der Waals surface area contributed by atoms with Crippen molar-refractivity contribution in [2.45, 2.75) is 32.7 Å². The van der Waals surface area contributed by atoms with Crippen LogP contribution in [0.1, 0.15) is 36.0 Å². The standard InChI is InChI=1S/C12H19N3O2/c1-3-15-6-4-5-10(15)8-13-12(16)11-7-9(2)14-17-11/h7,10H,3-6,8H2,1-2H3,(H,13,16). The Kier molecular flexibility index (Phi) is 3.78. The van der Waals surface area contributed by atoms with Crippen LogP contribution in [0.25, 0.3) is 0 Å². The lowest BCUT2D eigenvalue weighted by Crippen LogP contribution is -2.39. The average molecular weight is 237 g/mol. The van der Waals surface area contributed by atoms with Gasteiger partial charge in [0.1, 0.15) is 0 Å². The van der Waals surface area contributed by atoms with Crippen LogP contribution in [-0.4, -0.2) is 41.6 Å². The van der Waals surface area contributed by atoms with Crippen molar-refractivity contribution in [3.8, 4) is 0 Å². The number of aromatic nitrogens is 1. The van der Waals surface area contributed by atoms with Crippen molar-refractivity contribution in [2.75, 3.05) is 19.6 Å². The van der Waals surface area contributed by atoms with Gasteiger partial charge in [0.15, 0.2) is 0 Å². The minimum atomic E-state index is -0.173. The first-order valence-electron chi connectivity index (χ1n) is 6.16. The maximum Gasteiger partial charge on any atom is 0.289 e. The van der Waals surface area contributed by atoms with E-state index in [-0.39, 0.29) is 5.91 Å². The lowest BCUT2D eigenvalue weighted by Gasteiger charge is -2.22. The number of likely N-dealkylation sites (N-methyl/N-ethyl adjacent to an activating group) is 1. The van der Waals surface area contributed by atoms with Crippen LogP contribution in [0.3, 0.4) is 0 Å². The molecule has 1 aliphatic rings. The fraction of sp³-hybridized carbons (Fsp3) is 0.667. The van der Waals surface area contributed by atoms with E-state index < -0.39 is 0 Å². The smallest absolute Gasteiger partial charge is 0.289 e. The van der Waals surface area contributed by atoms with Gasteiger partial charge in [-0.2, -0.15) is 0 Å². The van der Waals surface area contributed by atoms with E-state index in [2.05, 4.69) is 22.3 Å². The molecule has 0 bridgehead atoms. The van der Waals surface area contributed by atoms with Crippen LogP contribution in [0.2, 0.25) is 0 Å². The molecule has 2 heterocycles. The Hall–Kier alpha value is -1.36. The van der Waals surface area contributed by atoms with Gasteiger partial charge in [0.25, 0.3) is 5.91 Å². The molecule has 1 saturated heterocycles. The molecule has 1 unspecified atom stereocenters. The van der Waals surface area contributed by atoms with Crippen LogP contribution >= 0.6 is 0 Å². The van der Waals surface area contributed by atoms with Crippen LogP contribution in [-0.2, 0) is 0 Å². The summed E-state index contributed by atoms with van der Waals surface area (Å²) < 4.78 is 4.92. The molecule has 1 aliphatic heterocycles. The second-order valence-corrected chi connectivity index (χ2v) is 4.47. The average Bonchev–Trinajstić information content (AvgIpc) is 2.94. The molecule has 0 radical (unpaired) electrons. The van der Waals surface area contributed by atoms with Gasteiger partial charge >= 0.3 is 0 Å². The molecule has 1 aromatic heterocycles. The van der Waals surface area contributed by atoms with Crippen molar-refractivity contribution in [3.63, 3.8) is 0 Å². The molecule has 5 heteroatoms. The highest BCUT2D eigenvalue weighted by Crippen LogP contribution is 2.15. The largest absolute Gasteiger partial charge is 0.351 e. The number of aryl methyl sites for hydroxylation is 1. The SMILES string of the molecule is CCN1CCCC1CNC(=O)c1cc(C)no1. The highest BCUT2D eigenvalue weighted by Gasteiger charge is 2.23. The van der Waals surface area contributed by atoms with E-state index in [0.717, 1.165) is 25.2 Å². The molecule has 0 saturated carbocycles. The molecule has 1 atom stereocenters. The lowest BCUT2D eigenvalue weighted by atomic mass is 10.2. The van der Waals surface area contributed by atoms with E-state index >= 15 is 0 Å². The van der Waals surface area contributed by atoms with Crippen LogP contribution in [0.4, 0.5) is 0 Å². The molecule has 1 N–H and O–H groups in total. The number of rotatable bonds is 4. The quantitative estimate of drug-likeness (QED) is 0.854. The Morgan fingerprint density at radius 1 is 1.71 bits per heavy atom. The predicted molar refractivity (Wildman–Crippen MR) is 63.8 cm³/mol. The molecule has 1 aromatic rings. The highest BCUT2D eigenvalue weighted by molar-refractivity contribution is 5.91. The normalized spacial score (nSPS) is 20.7. The summed E-state index contributed by atoms with van der Waals surface area (Å²) in [6.07, 6.45) is 2.37. The molecule has 1 fully saturated rings. The summed E-state index contributed by atoms with van der Waals surface area (Å²) in [5.74, 6) is 0.122. The fourth-order valence-corrected chi connectivity index (χ4v) is 2.31. The number of hydrogen-bond acceptors (Lipinski definition) is 4. The van der Waals surface area contributed by atoms with Gasteiger partial charge in [-0.15, -0.1) is 0 Å². The molecule has 0 aromatic carbocycles. The summed E-state index contributed by atoms with van der Waals surface area (Å²) in [7, 11) is 0. The topological polar surface area (TPSA) is 58.4 Å². The maximum atomic E-state index is 11.7. The van der Waals surface area contributed by atoms with Crippen LogP contribution in [0, 0.1) is 6.92 Å². The van der Waals surface area contributed by atoms with Gasteiger partial charge in [-0.1, -0.05) is 12.1 Å². The molecule has 94 valence electrons. The zero-order valence-corrected chi connectivity index (χ0v) is 10.4. The minimum absolute atomic E-state index is 0.173. The third kappa shape index (κ3) is 2.85. The van der Waals surface area contributed by atoms with E-state index in [9.17, 15) is 4.79 Å². The Morgan fingerprint density at radius 3 is 3.18 bits per heavy atom. The lowest BCUT2D eigenvalue weighted by molar-refractivity contribution is 0.0904. The van der Waals surface area contributed by atoms with Crippen molar-refractivity contribution < 1.29 is 9.32 Å². The van der Waals surface area contributed by atoms with Crippen molar-refractivity contribution >= 4 is 5.91 Å². The molecular formula is C12H19N3O2. The zero-order valence-electron chi connectivity index (χ0n) is 10.4. The first kappa shape index (κ1) is 12.1. The van der Waals surface area contributed by atoms with E-state index in [4.69, 9.17) is 4.52 Å². The Labute approximate surface area is 101 Å². The predicted octanol–water partition coefficient (Wildman–Crippen LogP) is 1.20. The van der Waals surface area contributed by atoms with Gasteiger partial charge in [-0.3, -0.25) is 9.69 Å². The first-order chi connectivity index (χ1) is 8.20. The van der Waals surface area contributed by atoms with Crippen molar-refractivity contribution in [1.82, 2.24) is 15.4 Å². The van der Waals surface area contributed by atoms with Gasteiger partial charge in [-0.25, -0.2) is 0 Å². The number of amides is 1. The molecule has 2 rings (SSSR count). The number of hydrogen-bond donors (Lipinski definition) is 1. The molecule has 5 nitrogen and oxygen atoms in total. The van der Waals surface area contributed by atoms with Crippen molar-refractivity contribution in [3.05, 3.63) is 17.5 Å². The summed E-state index contributed by atoms with van der Waals surface area (Å²) in [6.45, 7) is 6.82. The molecule has 0 spiro atoms. The summed E-state index contributed by atoms with van der Waals surface area (Å²) in [5.41, 5.74) is 0.728. The van der Waals surface area contributed by atoms with E-state index in [1.165, 1.54) is 6.42 Å². The first-order valence-corrected chi connectivity index (χ1v) is 6.16. The van der Waals surface area contributed by atoms with Crippen LogP contribution < -0.4 is 5.32 Å². The van der Waals surface area contributed by atoms with Gasteiger partial charge < -0.3 is 9.84 Å². The Morgan fingerprint density at radius 2 is 2.53 bits per heavy atom. The zero-order chi connectivity index (χ0) is 12.3.